The lowest BCUT2D eigenvalue weighted by Crippen LogP contribution is -2.50. The fourth-order valence-corrected chi connectivity index (χ4v) is 3.92. The van der Waals surface area contributed by atoms with Gasteiger partial charge < -0.3 is 19.8 Å². The van der Waals surface area contributed by atoms with E-state index in [2.05, 4.69) is 15.5 Å². The van der Waals surface area contributed by atoms with Gasteiger partial charge in [-0.2, -0.15) is 0 Å². The molecule has 1 aromatic heterocycles. The maximum Gasteiger partial charge on any atom is 0.251 e. The molecule has 1 saturated heterocycles. The van der Waals surface area contributed by atoms with E-state index in [-0.39, 0.29) is 23.8 Å². The van der Waals surface area contributed by atoms with E-state index in [4.69, 9.17) is 20.8 Å². The van der Waals surface area contributed by atoms with Crippen LogP contribution in [0.5, 0.6) is 0 Å². The van der Waals surface area contributed by atoms with Crippen molar-refractivity contribution in [3.05, 3.63) is 58.5 Å². The molecule has 0 aliphatic carbocycles. The van der Waals surface area contributed by atoms with Crippen LogP contribution in [0.2, 0.25) is 5.02 Å². The van der Waals surface area contributed by atoms with Gasteiger partial charge in [0, 0.05) is 30.2 Å². The third kappa shape index (κ3) is 6.82. The van der Waals surface area contributed by atoms with Gasteiger partial charge in [-0.3, -0.25) is 14.5 Å². The first-order valence-electron chi connectivity index (χ1n) is 11.1. The summed E-state index contributed by atoms with van der Waals surface area (Å²) in [6, 6.07) is 9.77. The topological polar surface area (TPSA) is 83.8 Å². The number of carbonyl (C=O) groups excluding carboxylic acids is 2. The van der Waals surface area contributed by atoms with E-state index in [1.807, 2.05) is 32.9 Å². The largest absolute Gasteiger partial charge is 0.465 e. The molecule has 7 nitrogen and oxygen atoms in total. The lowest BCUT2D eigenvalue weighted by molar-refractivity contribution is -0.123. The highest BCUT2D eigenvalue weighted by atomic mass is 35.5. The SMILES string of the molecule is Cc1ccc(C(CNC(=O)C(CC(C)C)NC(=O)c2ccc(Cl)cc2)N2CCOCC2)o1. The van der Waals surface area contributed by atoms with E-state index >= 15 is 0 Å². The number of halogens is 1. The first-order chi connectivity index (χ1) is 15.3. The first kappa shape index (κ1) is 24.3. The summed E-state index contributed by atoms with van der Waals surface area (Å²) in [5.74, 6) is 1.38. The molecule has 2 aromatic rings. The number of nitrogens with zero attached hydrogens (tertiary/aromatic N) is 1. The molecule has 2 heterocycles. The molecule has 2 N–H and O–H groups in total. The molecular formula is C24H32ClN3O4. The van der Waals surface area contributed by atoms with Crippen molar-refractivity contribution in [2.75, 3.05) is 32.8 Å². The van der Waals surface area contributed by atoms with Gasteiger partial charge in [-0.15, -0.1) is 0 Å². The summed E-state index contributed by atoms with van der Waals surface area (Å²) in [7, 11) is 0. The Morgan fingerprint density at radius 1 is 1.09 bits per heavy atom. The minimum atomic E-state index is -0.637. The van der Waals surface area contributed by atoms with Crippen molar-refractivity contribution in [1.29, 1.82) is 0 Å². The number of furan rings is 1. The number of nitrogens with one attached hydrogen (secondary N) is 2. The minimum absolute atomic E-state index is 0.0942. The first-order valence-corrected chi connectivity index (χ1v) is 11.4. The van der Waals surface area contributed by atoms with Gasteiger partial charge in [0.1, 0.15) is 17.6 Å². The number of ether oxygens (including phenoxy) is 1. The Morgan fingerprint density at radius 2 is 1.78 bits per heavy atom. The van der Waals surface area contributed by atoms with Gasteiger partial charge in [0.15, 0.2) is 0 Å². The van der Waals surface area contributed by atoms with E-state index in [1.54, 1.807) is 24.3 Å². The fraction of sp³-hybridized carbons (Fsp3) is 0.500. The molecule has 2 atom stereocenters. The van der Waals surface area contributed by atoms with E-state index in [0.717, 1.165) is 24.6 Å². The quantitative estimate of drug-likeness (QED) is 0.596. The molecule has 0 spiro atoms. The van der Waals surface area contributed by atoms with Crippen LogP contribution < -0.4 is 10.6 Å². The summed E-state index contributed by atoms with van der Waals surface area (Å²) in [5.41, 5.74) is 0.466. The number of hydrogen-bond acceptors (Lipinski definition) is 5. The zero-order chi connectivity index (χ0) is 23.1. The molecule has 174 valence electrons. The zero-order valence-electron chi connectivity index (χ0n) is 18.9. The standard InChI is InChI=1S/C24H32ClN3O4/c1-16(2)14-20(27-23(29)18-5-7-19(25)8-6-18)24(30)26-15-21(22-9-4-17(3)32-22)28-10-12-31-13-11-28/h4-9,16,20-21H,10-15H2,1-3H3,(H,26,30)(H,27,29). The number of aryl methyl sites for hydroxylation is 1. The normalized spacial score (nSPS) is 16.5. The maximum absolute atomic E-state index is 13.1. The lowest BCUT2D eigenvalue weighted by Gasteiger charge is -2.33. The summed E-state index contributed by atoms with van der Waals surface area (Å²) >= 11 is 5.91. The molecule has 2 amide bonds. The molecule has 1 aromatic carbocycles. The van der Waals surface area contributed by atoms with E-state index < -0.39 is 6.04 Å². The van der Waals surface area contributed by atoms with Crippen LogP contribution in [-0.2, 0) is 9.53 Å². The molecule has 0 saturated carbocycles. The number of benzene rings is 1. The predicted octanol–water partition coefficient (Wildman–Crippen LogP) is 3.58. The summed E-state index contributed by atoms with van der Waals surface area (Å²) in [6.45, 7) is 9.18. The van der Waals surface area contributed by atoms with Crippen LogP contribution >= 0.6 is 11.6 Å². The van der Waals surface area contributed by atoms with Crippen LogP contribution in [-0.4, -0.2) is 55.6 Å². The van der Waals surface area contributed by atoms with E-state index in [0.29, 0.717) is 36.8 Å². The lowest BCUT2D eigenvalue weighted by atomic mass is 10.0. The predicted molar refractivity (Wildman–Crippen MR) is 124 cm³/mol. The Hall–Kier alpha value is -2.35. The van der Waals surface area contributed by atoms with Crippen molar-refractivity contribution in [3.63, 3.8) is 0 Å². The molecule has 3 rings (SSSR count). The third-order valence-electron chi connectivity index (χ3n) is 5.48. The maximum atomic E-state index is 13.1. The van der Waals surface area contributed by atoms with Gasteiger partial charge in [0.2, 0.25) is 5.91 Å². The molecule has 0 radical (unpaired) electrons. The number of carbonyl (C=O) groups is 2. The average Bonchev–Trinajstić information content (AvgIpc) is 3.20. The number of amides is 2. The highest BCUT2D eigenvalue weighted by Crippen LogP contribution is 2.23. The van der Waals surface area contributed by atoms with Crippen molar-refractivity contribution < 1.29 is 18.7 Å². The van der Waals surface area contributed by atoms with Crippen molar-refractivity contribution in [1.82, 2.24) is 15.5 Å². The number of hydrogen-bond donors (Lipinski definition) is 2. The van der Waals surface area contributed by atoms with Crippen LogP contribution in [0.3, 0.4) is 0 Å². The summed E-state index contributed by atoms with van der Waals surface area (Å²) in [5, 5.41) is 6.48. The van der Waals surface area contributed by atoms with Gasteiger partial charge in [0.25, 0.3) is 5.91 Å². The highest BCUT2D eigenvalue weighted by Gasteiger charge is 2.28. The second-order valence-corrected chi connectivity index (χ2v) is 8.96. The average molecular weight is 462 g/mol. The molecule has 8 heteroatoms. The molecule has 1 aliphatic heterocycles. The van der Waals surface area contributed by atoms with Crippen molar-refractivity contribution in [2.24, 2.45) is 5.92 Å². The van der Waals surface area contributed by atoms with E-state index in [1.165, 1.54) is 0 Å². The van der Waals surface area contributed by atoms with Gasteiger partial charge in [-0.05, 0) is 55.7 Å². The fourth-order valence-electron chi connectivity index (χ4n) is 3.80. The zero-order valence-corrected chi connectivity index (χ0v) is 19.7. The van der Waals surface area contributed by atoms with Crippen molar-refractivity contribution >= 4 is 23.4 Å². The van der Waals surface area contributed by atoms with Crippen molar-refractivity contribution in [3.8, 4) is 0 Å². The van der Waals surface area contributed by atoms with Crippen LogP contribution in [0.25, 0.3) is 0 Å². The van der Waals surface area contributed by atoms with Crippen LogP contribution in [0.1, 0.15) is 48.2 Å². The molecule has 0 bridgehead atoms. The van der Waals surface area contributed by atoms with Gasteiger partial charge in [-0.25, -0.2) is 0 Å². The Balaban J connectivity index is 1.68. The molecular weight excluding hydrogens is 430 g/mol. The third-order valence-corrected chi connectivity index (χ3v) is 5.73. The van der Waals surface area contributed by atoms with Gasteiger partial charge in [0.05, 0.1) is 19.3 Å². The second-order valence-electron chi connectivity index (χ2n) is 8.52. The Bertz CT molecular complexity index is 891. The Kier molecular flexibility index (Phi) is 8.73. The van der Waals surface area contributed by atoms with Crippen LogP contribution in [0.15, 0.2) is 40.8 Å². The van der Waals surface area contributed by atoms with Crippen molar-refractivity contribution in [2.45, 2.75) is 39.3 Å². The number of rotatable bonds is 9. The Labute approximate surface area is 194 Å². The summed E-state index contributed by atoms with van der Waals surface area (Å²) in [4.78, 5) is 28.0. The molecule has 1 aliphatic rings. The van der Waals surface area contributed by atoms with Crippen LogP contribution in [0, 0.1) is 12.8 Å². The molecule has 32 heavy (non-hydrogen) atoms. The minimum Gasteiger partial charge on any atom is -0.465 e. The number of morpholine rings is 1. The van der Waals surface area contributed by atoms with Gasteiger partial charge in [-0.1, -0.05) is 25.4 Å². The summed E-state index contributed by atoms with van der Waals surface area (Å²) in [6.07, 6.45) is 0.535. The molecule has 2 unspecified atom stereocenters. The van der Waals surface area contributed by atoms with E-state index in [9.17, 15) is 9.59 Å². The Morgan fingerprint density at radius 3 is 2.38 bits per heavy atom. The van der Waals surface area contributed by atoms with Gasteiger partial charge >= 0.3 is 0 Å². The monoisotopic (exact) mass is 461 g/mol. The smallest absolute Gasteiger partial charge is 0.251 e. The molecule has 1 fully saturated rings. The van der Waals surface area contributed by atoms with Crippen LogP contribution in [0.4, 0.5) is 0 Å². The second kappa shape index (κ2) is 11.5. The highest BCUT2D eigenvalue weighted by molar-refractivity contribution is 6.30. The summed E-state index contributed by atoms with van der Waals surface area (Å²) < 4.78 is 11.4.